The summed E-state index contributed by atoms with van der Waals surface area (Å²) in [6, 6.07) is 0.785. The van der Waals surface area contributed by atoms with E-state index in [4.69, 9.17) is 0 Å². The van der Waals surface area contributed by atoms with Gasteiger partial charge in [0.1, 0.15) is 0 Å². The second kappa shape index (κ2) is 7.24. The monoisotopic (exact) mass is 212 g/mol. The van der Waals surface area contributed by atoms with Crippen molar-refractivity contribution in [3.05, 3.63) is 0 Å². The van der Waals surface area contributed by atoms with E-state index in [0.29, 0.717) is 0 Å². The Kier molecular flexibility index (Phi) is 6.26. The van der Waals surface area contributed by atoms with Gasteiger partial charge in [0.15, 0.2) is 0 Å². The highest BCUT2D eigenvalue weighted by atomic mass is 15.1. The Labute approximate surface area is 95.4 Å². The SMILES string of the molecule is CCCNC1CCCCC1CN(C)CC. The topological polar surface area (TPSA) is 15.3 Å². The molecule has 0 aromatic rings. The van der Waals surface area contributed by atoms with Gasteiger partial charge >= 0.3 is 0 Å². The van der Waals surface area contributed by atoms with Crippen LogP contribution < -0.4 is 5.32 Å². The standard InChI is InChI=1S/C13H28N2/c1-4-10-14-13-9-7-6-8-12(13)11-15(3)5-2/h12-14H,4-11H2,1-3H3. The number of nitrogens with one attached hydrogen (secondary N) is 1. The maximum absolute atomic E-state index is 3.72. The number of nitrogens with zero attached hydrogens (tertiary/aromatic N) is 1. The molecule has 0 heterocycles. The third kappa shape index (κ3) is 4.52. The Morgan fingerprint density at radius 2 is 1.93 bits per heavy atom. The van der Waals surface area contributed by atoms with Crippen molar-refractivity contribution < 1.29 is 0 Å². The fraction of sp³-hybridized carbons (Fsp3) is 1.00. The highest BCUT2D eigenvalue weighted by molar-refractivity contribution is 4.82. The number of hydrogen-bond donors (Lipinski definition) is 1. The van der Waals surface area contributed by atoms with E-state index in [-0.39, 0.29) is 0 Å². The normalized spacial score (nSPS) is 27.2. The second-order valence-electron chi connectivity index (χ2n) is 4.96. The van der Waals surface area contributed by atoms with Crippen molar-refractivity contribution in [2.75, 3.05) is 26.7 Å². The Morgan fingerprint density at radius 3 is 2.60 bits per heavy atom. The lowest BCUT2D eigenvalue weighted by molar-refractivity contribution is 0.194. The van der Waals surface area contributed by atoms with Crippen LogP contribution in [0.4, 0.5) is 0 Å². The summed E-state index contributed by atoms with van der Waals surface area (Å²) >= 11 is 0. The molecule has 2 unspecified atom stereocenters. The molecule has 1 fully saturated rings. The van der Waals surface area contributed by atoms with E-state index in [1.54, 1.807) is 0 Å². The maximum Gasteiger partial charge on any atom is 0.0107 e. The zero-order valence-corrected chi connectivity index (χ0v) is 10.8. The molecule has 0 aromatic heterocycles. The number of hydrogen-bond acceptors (Lipinski definition) is 2. The lowest BCUT2D eigenvalue weighted by Gasteiger charge is -2.34. The van der Waals surface area contributed by atoms with Crippen LogP contribution in [-0.2, 0) is 0 Å². The molecule has 0 spiro atoms. The minimum absolute atomic E-state index is 0.785. The third-order valence-electron chi connectivity index (χ3n) is 3.65. The van der Waals surface area contributed by atoms with Crippen molar-refractivity contribution in [3.63, 3.8) is 0 Å². The zero-order chi connectivity index (χ0) is 11.1. The van der Waals surface area contributed by atoms with E-state index in [1.807, 2.05) is 0 Å². The van der Waals surface area contributed by atoms with Crippen LogP contribution in [0.5, 0.6) is 0 Å². The maximum atomic E-state index is 3.72. The predicted octanol–water partition coefficient (Wildman–Crippen LogP) is 2.50. The number of rotatable bonds is 6. The van der Waals surface area contributed by atoms with Crippen molar-refractivity contribution in [3.8, 4) is 0 Å². The van der Waals surface area contributed by atoms with Gasteiger partial charge in [0, 0.05) is 12.6 Å². The van der Waals surface area contributed by atoms with E-state index >= 15 is 0 Å². The molecule has 2 heteroatoms. The van der Waals surface area contributed by atoms with Gasteiger partial charge in [-0.2, -0.15) is 0 Å². The Hall–Kier alpha value is -0.0800. The first kappa shape index (κ1) is 13.0. The summed E-state index contributed by atoms with van der Waals surface area (Å²) in [4.78, 5) is 2.45. The summed E-state index contributed by atoms with van der Waals surface area (Å²) in [6.07, 6.45) is 6.93. The first-order valence-corrected chi connectivity index (χ1v) is 6.69. The van der Waals surface area contributed by atoms with Crippen LogP contribution in [0.2, 0.25) is 0 Å². The fourth-order valence-corrected chi connectivity index (χ4v) is 2.55. The minimum Gasteiger partial charge on any atom is -0.314 e. The molecule has 0 aromatic carbocycles. The first-order valence-electron chi connectivity index (χ1n) is 6.69. The molecule has 0 aliphatic heterocycles. The van der Waals surface area contributed by atoms with Crippen LogP contribution in [-0.4, -0.2) is 37.6 Å². The summed E-state index contributed by atoms with van der Waals surface area (Å²) < 4.78 is 0. The zero-order valence-electron chi connectivity index (χ0n) is 10.8. The molecule has 1 saturated carbocycles. The molecular weight excluding hydrogens is 184 g/mol. The van der Waals surface area contributed by atoms with Crippen LogP contribution in [0.25, 0.3) is 0 Å². The van der Waals surface area contributed by atoms with E-state index in [1.165, 1.54) is 51.7 Å². The molecule has 2 nitrogen and oxygen atoms in total. The lowest BCUT2D eigenvalue weighted by atomic mass is 9.84. The highest BCUT2D eigenvalue weighted by Gasteiger charge is 2.24. The molecule has 90 valence electrons. The van der Waals surface area contributed by atoms with Crippen LogP contribution >= 0.6 is 0 Å². The van der Waals surface area contributed by atoms with Crippen LogP contribution in [0.3, 0.4) is 0 Å². The Balaban J connectivity index is 2.35. The Morgan fingerprint density at radius 1 is 1.20 bits per heavy atom. The van der Waals surface area contributed by atoms with Gasteiger partial charge in [-0.25, -0.2) is 0 Å². The van der Waals surface area contributed by atoms with E-state index in [2.05, 4.69) is 31.1 Å². The second-order valence-corrected chi connectivity index (χ2v) is 4.96. The van der Waals surface area contributed by atoms with Crippen molar-refractivity contribution >= 4 is 0 Å². The van der Waals surface area contributed by atoms with E-state index in [9.17, 15) is 0 Å². The van der Waals surface area contributed by atoms with Crippen LogP contribution in [0.15, 0.2) is 0 Å². The molecular formula is C13H28N2. The largest absolute Gasteiger partial charge is 0.314 e. The van der Waals surface area contributed by atoms with Crippen molar-refractivity contribution in [2.24, 2.45) is 5.92 Å². The van der Waals surface area contributed by atoms with Gasteiger partial charge in [-0.05, 0) is 45.3 Å². The van der Waals surface area contributed by atoms with Gasteiger partial charge < -0.3 is 10.2 Å². The molecule has 1 N–H and O–H groups in total. The third-order valence-corrected chi connectivity index (χ3v) is 3.65. The van der Waals surface area contributed by atoms with Crippen molar-refractivity contribution in [1.29, 1.82) is 0 Å². The molecule has 0 amide bonds. The quantitative estimate of drug-likeness (QED) is 0.728. The van der Waals surface area contributed by atoms with Crippen LogP contribution in [0.1, 0.15) is 46.0 Å². The predicted molar refractivity (Wildman–Crippen MR) is 67.2 cm³/mol. The average molecular weight is 212 g/mol. The van der Waals surface area contributed by atoms with Crippen molar-refractivity contribution in [1.82, 2.24) is 10.2 Å². The molecule has 0 radical (unpaired) electrons. The molecule has 1 aliphatic rings. The van der Waals surface area contributed by atoms with Gasteiger partial charge in [0.25, 0.3) is 0 Å². The van der Waals surface area contributed by atoms with E-state index in [0.717, 1.165) is 12.0 Å². The summed E-state index contributed by atoms with van der Waals surface area (Å²) in [7, 11) is 2.24. The fourth-order valence-electron chi connectivity index (χ4n) is 2.55. The van der Waals surface area contributed by atoms with Gasteiger partial charge in [0.2, 0.25) is 0 Å². The van der Waals surface area contributed by atoms with Crippen molar-refractivity contribution in [2.45, 2.75) is 52.0 Å². The highest BCUT2D eigenvalue weighted by Crippen LogP contribution is 2.25. The van der Waals surface area contributed by atoms with Gasteiger partial charge in [-0.15, -0.1) is 0 Å². The van der Waals surface area contributed by atoms with Gasteiger partial charge in [0.05, 0.1) is 0 Å². The van der Waals surface area contributed by atoms with Gasteiger partial charge in [-0.3, -0.25) is 0 Å². The average Bonchev–Trinajstić information content (AvgIpc) is 2.28. The lowest BCUT2D eigenvalue weighted by Crippen LogP contribution is -2.43. The first-order chi connectivity index (χ1) is 7.27. The van der Waals surface area contributed by atoms with Gasteiger partial charge in [-0.1, -0.05) is 26.7 Å². The molecule has 2 atom stereocenters. The summed E-state index contributed by atoms with van der Waals surface area (Å²) in [5, 5.41) is 3.72. The molecule has 0 bridgehead atoms. The Bertz CT molecular complexity index is 159. The van der Waals surface area contributed by atoms with Crippen LogP contribution in [0, 0.1) is 5.92 Å². The minimum atomic E-state index is 0.785. The molecule has 1 rings (SSSR count). The summed E-state index contributed by atoms with van der Waals surface area (Å²) in [5.41, 5.74) is 0. The van der Waals surface area contributed by atoms with E-state index < -0.39 is 0 Å². The smallest absolute Gasteiger partial charge is 0.0107 e. The molecule has 15 heavy (non-hydrogen) atoms. The molecule has 0 saturated heterocycles. The summed E-state index contributed by atoms with van der Waals surface area (Å²) in [5.74, 6) is 0.884. The molecule has 1 aliphatic carbocycles. The summed E-state index contributed by atoms with van der Waals surface area (Å²) in [6.45, 7) is 8.15.